The Morgan fingerprint density at radius 1 is 0.923 bits per heavy atom. The van der Waals surface area contributed by atoms with Gasteiger partial charge in [0.25, 0.3) is 0 Å². The standard InChI is InChI=1S/C19H26N4O3/c1-14(2)12-22-17(24)18(25)23(19(22)26)13-20-8-10-21(11-9-20)16-7-5-4-6-15(16)3/h4-7,14H,8-13H2,1-3H3. The minimum Gasteiger partial charge on any atom is -0.369 e. The number of urea groups is 1. The molecule has 0 radical (unpaired) electrons. The predicted octanol–water partition coefficient (Wildman–Crippen LogP) is 1.52. The van der Waals surface area contributed by atoms with Crippen molar-refractivity contribution >= 4 is 23.5 Å². The number of carbonyl (C=O) groups excluding carboxylic acids is 3. The van der Waals surface area contributed by atoms with Crippen molar-refractivity contribution in [2.75, 3.05) is 44.3 Å². The largest absolute Gasteiger partial charge is 0.369 e. The second-order valence-corrected chi connectivity index (χ2v) is 7.36. The third-order valence-electron chi connectivity index (χ3n) is 4.85. The summed E-state index contributed by atoms with van der Waals surface area (Å²) in [5, 5.41) is 0. The molecule has 3 rings (SSSR count). The molecule has 0 unspecified atom stereocenters. The van der Waals surface area contributed by atoms with E-state index >= 15 is 0 Å². The Morgan fingerprint density at radius 3 is 2.15 bits per heavy atom. The number of imide groups is 2. The normalized spacial score (nSPS) is 19.2. The molecule has 0 bridgehead atoms. The number of piperazine rings is 1. The van der Waals surface area contributed by atoms with E-state index in [-0.39, 0.29) is 19.1 Å². The van der Waals surface area contributed by atoms with Gasteiger partial charge in [-0.15, -0.1) is 0 Å². The summed E-state index contributed by atoms with van der Waals surface area (Å²) in [7, 11) is 0. The van der Waals surface area contributed by atoms with Crippen LogP contribution in [0.25, 0.3) is 0 Å². The molecule has 140 valence electrons. The topological polar surface area (TPSA) is 64.2 Å². The molecule has 1 aromatic rings. The lowest BCUT2D eigenvalue weighted by molar-refractivity contribution is -0.144. The quantitative estimate of drug-likeness (QED) is 0.590. The number of amides is 4. The van der Waals surface area contributed by atoms with E-state index in [4.69, 9.17) is 0 Å². The molecular formula is C19H26N4O3. The fraction of sp³-hybridized carbons (Fsp3) is 0.526. The third-order valence-corrected chi connectivity index (χ3v) is 4.85. The number of para-hydroxylation sites is 1. The van der Waals surface area contributed by atoms with Crippen LogP contribution in [0.3, 0.4) is 0 Å². The number of carbonyl (C=O) groups is 3. The molecule has 0 atom stereocenters. The van der Waals surface area contributed by atoms with E-state index in [2.05, 4.69) is 28.9 Å². The number of nitrogens with zero attached hydrogens (tertiary/aromatic N) is 4. The van der Waals surface area contributed by atoms with Gasteiger partial charge in [0, 0.05) is 38.4 Å². The number of hydrogen-bond acceptors (Lipinski definition) is 5. The second-order valence-electron chi connectivity index (χ2n) is 7.36. The lowest BCUT2D eigenvalue weighted by Crippen LogP contribution is -2.51. The molecule has 0 N–H and O–H groups in total. The summed E-state index contributed by atoms with van der Waals surface area (Å²) in [5.74, 6) is -1.28. The molecule has 26 heavy (non-hydrogen) atoms. The molecule has 2 aliphatic heterocycles. The maximum Gasteiger partial charge on any atom is 0.335 e. The fourth-order valence-electron chi connectivity index (χ4n) is 3.45. The Labute approximate surface area is 154 Å². The van der Waals surface area contributed by atoms with Gasteiger partial charge >= 0.3 is 17.8 Å². The van der Waals surface area contributed by atoms with Gasteiger partial charge in [-0.05, 0) is 24.5 Å². The van der Waals surface area contributed by atoms with Crippen molar-refractivity contribution in [3.63, 3.8) is 0 Å². The van der Waals surface area contributed by atoms with Gasteiger partial charge in [-0.25, -0.2) is 9.69 Å². The number of anilines is 1. The summed E-state index contributed by atoms with van der Waals surface area (Å²) in [5.41, 5.74) is 2.46. The highest BCUT2D eigenvalue weighted by Crippen LogP contribution is 2.21. The van der Waals surface area contributed by atoms with Crippen LogP contribution in [0, 0.1) is 12.8 Å². The molecular weight excluding hydrogens is 332 g/mol. The van der Waals surface area contributed by atoms with Crippen molar-refractivity contribution in [3.8, 4) is 0 Å². The first-order valence-electron chi connectivity index (χ1n) is 9.08. The summed E-state index contributed by atoms with van der Waals surface area (Å²) in [4.78, 5) is 43.2. The van der Waals surface area contributed by atoms with Crippen molar-refractivity contribution in [2.45, 2.75) is 20.8 Å². The third kappa shape index (κ3) is 3.58. The maximum absolute atomic E-state index is 12.4. The highest BCUT2D eigenvalue weighted by molar-refractivity contribution is 6.44. The zero-order valence-corrected chi connectivity index (χ0v) is 15.6. The maximum atomic E-state index is 12.4. The molecule has 0 aliphatic carbocycles. The van der Waals surface area contributed by atoms with Gasteiger partial charge in [-0.1, -0.05) is 32.0 Å². The van der Waals surface area contributed by atoms with Crippen LogP contribution in [-0.4, -0.2) is 71.9 Å². The molecule has 2 aliphatic rings. The van der Waals surface area contributed by atoms with Gasteiger partial charge < -0.3 is 4.90 Å². The van der Waals surface area contributed by atoms with E-state index < -0.39 is 17.8 Å². The van der Waals surface area contributed by atoms with Gasteiger partial charge in [0.15, 0.2) is 0 Å². The molecule has 0 spiro atoms. The van der Waals surface area contributed by atoms with Crippen molar-refractivity contribution < 1.29 is 14.4 Å². The van der Waals surface area contributed by atoms with Crippen molar-refractivity contribution in [2.24, 2.45) is 5.92 Å². The van der Waals surface area contributed by atoms with E-state index in [9.17, 15) is 14.4 Å². The minimum atomic E-state index is -0.711. The van der Waals surface area contributed by atoms with Gasteiger partial charge in [-0.3, -0.25) is 19.4 Å². The van der Waals surface area contributed by atoms with Crippen LogP contribution in [0.4, 0.5) is 10.5 Å². The van der Waals surface area contributed by atoms with Crippen LogP contribution in [0.5, 0.6) is 0 Å². The molecule has 2 fully saturated rings. The average Bonchev–Trinajstić information content (AvgIpc) is 2.81. The Hall–Kier alpha value is -2.41. The molecule has 0 aromatic heterocycles. The summed E-state index contributed by atoms with van der Waals surface area (Å²) in [6, 6.07) is 7.78. The fourth-order valence-corrected chi connectivity index (χ4v) is 3.45. The Bertz CT molecular complexity index is 710. The van der Waals surface area contributed by atoms with Gasteiger partial charge in [-0.2, -0.15) is 0 Å². The number of rotatable bonds is 5. The van der Waals surface area contributed by atoms with E-state index in [1.165, 1.54) is 11.3 Å². The predicted molar refractivity (Wildman–Crippen MR) is 98.6 cm³/mol. The number of aryl methyl sites for hydroxylation is 1. The van der Waals surface area contributed by atoms with E-state index in [0.717, 1.165) is 36.0 Å². The van der Waals surface area contributed by atoms with Crippen molar-refractivity contribution in [1.82, 2.24) is 14.7 Å². The summed E-state index contributed by atoms with van der Waals surface area (Å²) in [6.07, 6.45) is 0. The van der Waals surface area contributed by atoms with Gasteiger partial charge in [0.1, 0.15) is 0 Å². The highest BCUT2D eigenvalue weighted by Gasteiger charge is 2.45. The van der Waals surface area contributed by atoms with E-state index in [1.807, 2.05) is 26.0 Å². The van der Waals surface area contributed by atoms with Crippen LogP contribution >= 0.6 is 0 Å². The Morgan fingerprint density at radius 2 is 1.54 bits per heavy atom. The smallest absolute Gasteiger partial charge is 0.335 e. The average molecular weight is 358 g/mol. The van der Waals surface area contributed by atoms with Crippen molar-refractivity contribution in [3.05, 3.63) is 29.8 Å². The monoisotopic (exact) mass is 358 g/mol. The van der Waals surface area contributed by atoms with Gasteiger partial charge in [0.05, 0.1) is 6.67 Å². The first kappa shape index (κ1) is 18.4. The molecule has 7 heteroatoms. The molecule has 2 saturated heterocycles. The van der Waals surface area contributed by atoms with Crippen LogP contribution < -0.4 is 4.90 Å². The number of benzene rings is 1. The molecule has 1 aromatic carbocycles. The molecule has 2 heterocycles. The molecule has 4 amide bonds. The summed E-state index contributed by atoms with van der Waals surface area (Å²) >= 11 is 0. The first-order valence-corrected chi connectivity index (χ1v) is 9.08. The lowest BCUT2D eigenvalue weighted by Gasteiger charge is -2.37. The second kappa shape index (κ2) is 7.45. The Kier molecular flexibility index (Phi) is 5.27. The molecule has 0 saturated carbocycles. The summed E-state index contributed by atoms with van der Waals surface area (Å²) in [6.45, 7) is 9.51. The number of hydrogen-bond donors (Lipinski definition) is 0. The SMILES string of the molecule is Cc1ccccc1N1CCN(CN2C(=O)C(=O)N(CC(C)C)C2=O)CC1. The Balaban J connectivity index is 1.59. The summed E-state index contributed by atoms with van der Waals surface area (Å²) < 4.78 is 0. The zero-order chi connectivity index (χ0) is 18.8. The minimum absolute atomic E-state index is 0.133. The van der Waals surface area contributed by atoms with Crippen molar-refractivity contribution in [1.29, 1.82) is 0 Å². The van der Waals surface area contributed by atoms with E-state index in [0.29, 0.717) is 0 Å². The lowest BCUT2D eigenvalue weighted by atomic mass is 10.1. The van der Waals surface area contributed by atoms with Gasteiger partial charge in [0.2, 0.25) is 0 Å². The molecule has 7 nitrogen and oxygen atoms in total. The van der Waals surface area contributed by atoms with Crippen LogP contribution in [0.2, 0.25) is 0 Å². The van der Waals surface area contributed by atoms with Crippen LogP contribution in [0.1, 0.15) is 19.4 Å². The van der Waals surface area contributed by atoms with Crippen LogP contribution in [0.15, 0.2) is 24.3 Å². The van der Waals surface area contributed by atoms with E-state index in [1.54, 1.807) is 0 Å². The first-order chi connectivity index (χ1) is 12.4. The highest BCUT2D eigenvalue weighted by atomic mass is 16.2. The van der Waals surface area contributed by atoms with Crippen LogP contribution in [-0.2, 0) is 9.59 Å². The zero-order valence-electron chi connectivity index (χ0n) is 15.6.